The van der Waals surface area contributed by atoms with Gasteiger partial charge < -0.3 is 15.1 Å². The molecule has 0 unspecified atom stereocenters. The van der Waals surface area contributed by atoms with E-state index in [4.69, 9.17) is 0 Å². The average molecular weight is 459 g/mol. The number of likely N-dealkylation sites (tertiary alicyclic amines) is 2. The fraction of sp³-hybridized carbons (Fsp3) is 0.542. The zero-order valence-electron chi connectivity index (χ0n) is 18.4. The minimum atomic E-state index is -0.291. The second-order valence-electron chi connectivity index (χ2n) is 8.69. The van der Waals surface area contributed by atoms with E-state index in [1.807, 2.05) is 10.3 Å². The number of hydrogen-bond donors (Lipinski definition) is 1. The summed E-state index contributed by atoms with van der Waals surface area (Å²) in [6, 6.07) is 6.10. The molecule has 172 valence electrons. The molecule has 0 spiro atoms. The zero-order chi connectivity index (χ0) is 22.3. The lowest BCUT2D eigenvalue weighted by Gasteiger charge is -2.31. The van der Waals surface area contributed by atoms with Gasteiger partial charge in [-0.3, -0.25) is 9.59 Å². The molecular weight excluding hydrogens is 427 g/mol. The SMILES string of the molecule is O=C(NCCN1CCCCC1)c1csc(C2CCN(C(=O)Cc3ccc(F)cc3)CC2)n1. The van der Waals surface area contributed by atoms with Crippen molar-refractivity contribution in [2.45, 2.75) is 44.4 Å². The minimum Gasteiger partial charge on any atom is -0.349 e. The van der Waals surface area contributed by atoms with Gasteiger partial charge in [0.1, 0.15) is 11.5 Å². The smallest absolute Gasteiger partial charge is 0.270 e. The zero-order valence-corrected chi connectivity index (χ0v) is 19.2. The molecule has 0 aliphatic carbocycles. The standard InChI is InChI=1S/C24H31FN4O2S/c25-20-6-4-18(5-7-20)16-22(30)29-13-8-19(9-14-29)24-27-21(17-32-24)23(31)26-10-15-28-11-2-1-3-12-28/h4-7,17,19H,1-3,8-16H2,(H,26,31). The van der Waals surface area contributed by atoms with Crippen LogP contribution in [0.15, 0.2) is 29.6 Å². The highest BCUT2D eigenvalue weighted by Crippen LogP contribution is 2.30. The van der Waals surface area contributed by atoms with Crippen molar-refractivity contribution in [1.29, 1.82) is 0 Å². The summed E-state index contributed by atoms with van der Waals surface area (Å²) >= 11 is 1.54. The maximum absolute atomic E-state index is 13.0. The van der Waals surface area contributed by atoms with E-state index in [-0.39, 0.29) is 23.5 Å². The number of halogens is 1. The van der Waals surface area contributed by atoms with Gasteiger partial charge in [0.2, 0.25) is 5.91 Å². The number of piperidine rings is 2. The second kappa shape index (κ2) is 11.0. The van der Waals surface area contributed by atoms with E-state index >= 15 is 0 Å². The molecule has 0 atom stereocenters. The number of benzene rings is 1. The number of hydrogen-bond acceptors (Lipinski definition) is 5. The van der Waals surface area contributed by atoms with E-state index in [1.165, 1.54) is 42.7 Å². The number of nitrogens with one attached hydrogen (secondary N) is 1. The van der Waals surface area contributed by atoms with Crippen molar-refractivity contribution in [3.63, 3.8) is 0 Å². The lowest BCUT2D eigenvalue weighted by atomic mass is 9.97. The van der Waals surface area contributed by atoms with Crippen molar-refractivity contribution < 1.29 is 14.0 Å². The summed E-state index contributed by atoms with van der Waals surface area (Å²) in [7, 11) is 0. The first-order valence-electron chi connectivity index (χ1n) is 11.6. The predicted molar refractivity (Wildman–Crippen MR) is 123 cm³/mol. The molecule has 8 heteroatoms. The fourth-order valence-electron chi connectivity index (χ4n) is 4.45. The van der Waals surface area contributed by atoms with E-state index in [0.717, 1.165) is 43.0 Å². The molecule has 0 bridgehead atoms. The van der Waals surface area contributed by atoms with Crippen LogP contribution in [0.2, 0.25) is 0 Å². The van der Waals surface area contributed by atoms with Gasteiger partial charge in [-0.15, -0.1) is 11.3 Å². The molecule has 2 aromatic rings. The molecule has 32 heavy (non-hydrogen) atoms. The maximum Gasteiger partial charge on any atom is 0.270 e. The maximum atomic E-state index is 13.0. The Hall–Kier alpha value is -2.32. The van der Waals surface area contributed by atoms with Gasteiger partial charge in [0, 0.05) is 37.5 Å². The molecule has 2 aliphatic rings. The van der Waals surface area contributed by atoms with E-state index in [9.17, 15) is 14.0 Å². The van der Waals surface area contributed by atoms with Crippen LogP contribution in [0, 0.1) is 5.82 Å². The third-order valence-electron chi connectivity index (χ3n) is 6.38. The Bertz CT molecular complexity index is 903. The molecule has 6 nitrogen and oxygen atoms in total. The Kier molecular flexibility index (Phi) is 7.86. The van der Waals surface area contributed by atoms with E-state index < -0.39 is 0 Å². The molecule has 2 amide bonds. The van der Waals surface area contributed by atoms with Crippen LogP contribution in [0.3, 0.4) is 0 Å². The topological polar surface area (TPSA) is 65.5 Å². The molecule has 0 radical (unpaired) electrons. The Labute approximate surface area is 192 Å². The van der Waals surface area contributed by atoms with E-state index in [0.29, 0.717) is 31.7 Å². The molecule has 0 saturated carbocycles. The van der Waals surface area contributed by atoms with Crippen molar-refractivity contribution in [2.75, 3.05) is 39.3 Å². The van der Waals surface area contributed by atoms with E-state index in [2.05, 4.69) is 15.2 Å². The van der Waals surface area contributed by atoms with Crippen LogP contribution in [0.1, 0.15) is 59.1 Å². The number of thiazole rings is 1. The van der Waals surface area contributed by atoms with Crippen LogP contribution < -0.4 is 5.32 Å². The Morgan fingerprint density at radius 2 is 1.78 bits per heavy atom. The van der Waals surface area contributed by atoms with Crippen LogP contribution in [-0.2, 0) is 11.2 Å². The summed E-state index contributed by atoms with van der Waals surface area (Å²) in [4.78, 5) is 33.9. The van der Waals surface area contributed by atoms with Gasteiger partial charge in [0.25, 0.3) is 5.91 Å². The van der Waals surface area contributed by atoms with Crippen LogP contribution in [-0.4, -0.2) is 65.9 Å². The van der Waals surface area contributed by atoms with Gasteiger partial charge in [-0.25, -0.2) is 9.37 Å². The molecule has 3 heterocycles. The summed E-state index contributed by atoms with van der Waals surface area (Å²) in [5.74, 6) is -0.0373. The van der Waals surface area contributed by atoms with Gasteiger partial charge in [-0.2, -0.15) is 0 Å². The molecule has 1 N–H and O–H groups in total. The number of amides is 2. The highest BCUT2D eigenvalue weighted by molar-refractivity contribution is 7.09. The van der Waals surface area contributed by atoms with Crippen LogP contribution >= 0.6 is 11.3 Å². The highest BCUT2D eigenvalue weighted by atomic mass is 32.1. The predicted octanol–water partition coefficient (Wildman–Crippen LogP) is 3.45. The minimum absolute atomic E-state index is 0.0722. The first-order chi connectivity index (χ1) is 15.6. The average Bonchev–Trinajstić information content (AvgIpc) is 3.32. The first kappa shape index (κ1) is 22.9. The lowest BCUT2D eigenvalue weighted by Crippen LogP contribution is -2.38. The van der Waals surface area contributed by atoms with Crippen LogP contribution in [0.5, 0.6) is 0 Å². The van der Waals surface area contributed by atoms with Gasteiger partial charge in [0.15, 0.2) is 0 Å². The van der Waals surface area contributed by atoms with Crippen molar-refractivity contribution in [1.82, 2.24) is 20.1 Å². The molecule has 4 rings (SSSR count). The number of rotatable bonds is 7. The summed E-state index contributed by atoms with van der Waals surface area (Å²) in [6.45, 7) is 5.17. The summed E-state index contributed by atoms with van der Waals surface area (Å²) in [6.07, 6.45) is 5.80. The molecule has 2 saturated heterocycles. The Morgan fingerprint density at radius 1 is 1.06 bits per heavy atom. The second-order valence-corrected chi connectivity index (χ2v) is 9.58. The Balaban J connectivity index is 1.21. The number of nitrogens with zero attached hydrogens (tertiary/aromatic N) is 3. The summed E-state index contributed by atoms with van der Waals surface area (Å²) in [5, 5.41) is 5.83. The molecular formula is C24H31FN4O2S. The molecule has 1 aromatic carbocycles. The normalized spacial score (nSPS) is 18.0. The van der Waals surface area contributed by atoms with Gasteiger partial charge in [-0.1, -0.05) is 18.6 Å². The van der Waals surface area contributed by atoms with E-state index in [1.54, 1.807) is 12.1 Å². The van der Waals surface area contributed by atoms with Crippen molar-refractivity contribution >= 4 is 23.2 Å². The lowest BCUT2D eigenvalue weighted by molar-refractivity contribution is -0.131. The van der Waals surface area contributed by atoms with Crippen molar-refractivity contribution in [3.8, 4) is 0 Å². The number of carbonyl (C=O) groups excluding carboxylic acids is 2. The van der Waals surface area contributed by atoms with Crippen LogP contribution in [0.25, 0.3) is 0 Å². The third-order valence-corrected chi connectivity index (χ3v) is 7.39. The Morgan fingerprint density at radius 3 is 2.50 bits per heavy atom. The molecule has 2 aliphatic heterocycles. The highest BCUT2D eigenvalue weighted by Gasteiger charge is 2.26. The van der Waals surface area contributed by atoms with Gasteiger partial charge in [0.05, 0.1) is 11.4 Å². The molecule has 2 fully saturated rings. The number of aromatic nitrogens is 1. The van der Waals surface area contributed by atoms with Gasteiger partial charge >= 0.3 is 0 Å². The molecule has 1 aromatic heterocycles. The first-order valence-corrected chi connectivity index (χ1v) is 12.4. The van der Waals surface area contributed by atoms with Crippen molar-refractivity contribution in [2.24, 2.45) is 0 Å². The monoisotopic (exact) mass is 458 g/mol. The van der Waals surface area contributed by atoms with Gasteiger partial charge in [-0.05, 0) is 56.5 Å². The third kappa shape index (κ3) is 6.13. The summed E-state index contributed by atoms with van der Waals surface area (Å²) < 4.78 is 13.0. The van der Waals surface area contributed by atoms with Crippen molar-refractivity contribution in [3.05, 3.63) is 51.7 Å². The quantitative estimate of drug-likeness (QED) is 0.690. The largest absolute Gasteiger partial charge is 0.349 e. The van der Waals surface area contributed by atoms with Crippen LogP contribution in [0.4, 0.5) is 4.39 Å². The fourth-order valence-corrected chi connectivity index (χ4v) is 5.42. The number of carbonyl (C=O) groups is 2. The summed E-state index contributed by atoms with van der Waals surface area (Å²) in [5.41, 5.74) is 1.33.